The Morgan fingerprint density at radius 1 is 1.33 bits per heavy atom. The summed E-state index contributed by atoms with van der Waals surface area (Å²) in [6, 6.07) is 6.32. The molecule has 0 saturated heterocycles. The highest BCUT2D eigenvalue weighted by molar-refractivity contribution is 9.10. The summed E-state index contributed by atoms with van der Waals surface area (Å²) in [5.41, 5.74) is 1.14. The lowest BCUT2D eigenvalue weighted by molar-refractivity contribution is 0.0600. The standard InChI is InChI=1S/C14H12BrClN2O3/c1-18-7-8(15)5-12(18)13(19)17-9-3-4-11(16)10(6-9)14(20)21-2/h3-7H,1-2H3,(H,17,19). The lowest BCUT2D eigenvalue weighted by Crippen LogP contribution is -2.15. The van der Waals surface area contributed by atoms with Crippen molar-refractivity contribution in [1.29, 1.82) is 0 Å². The van der Waals surface area contributed by atoms with Crippen molar-refractivity contribution in [2.45, 2.75) is 0 Å². The Kier molecular flexibility index (Phi) is 4.69. The number of nitrogens with one attached hydrogen (secondary N) is 1. The number of methoxy groups -OCH3 is 1. The molecule has 0 aliphatic heterocycles. The van der Waals surface area contributed by atoms with Gasteiger partial charge in [0.15, 0.2) is 0 Å². The maximum absolute atomic E-state index is 12.2. The molecule has 0 saturated carbocycles. The summed E-state index contributed by atoms with van der Waals surface area (Å²) in [4.78, 5) is 23.8. The van der Waals surface area contributed by atoms with Crippen molar-refractivity contribution < 1.29 is 14.3 Å². The molecule has 0 bridgehead atoms. The monoisotopic (exact) mass is 370 g/mol. The molecule has 1 heterocycles. The smallest absolute Gasteiger partial charge is 0.339 e. The van der Waals surface area contributed by atoms with Gasteiger partial charge in [-0.15, -0.1) is 0 Å². The van der Waals surface area contributed by atoms with E-state index in [1.165, 1.54) is 19.2 Å². The molecule has 1 amide bonds. The van der Waals surface area contributed by atoms with Gasteiger partial charge in [-0.25, -0.2) is 4.79 Å². The third-order valence-corrected chi connectivity index (χ3v) is 3.60. The van der Waals surface area contributed by atoms with Crippen molar-refractivity contribution in [3.63, 3.8) is 0 Å². The second-order valence-electron chi connectivity index (χ2n) is 4.29. The third-order valence-electron chi connectivity index (χ3n) is 2.83. The fraction of sp³-hybridized carbons (Fsp3) is 0.143. The maximum Gasteiger partial charge on any atom is 0.339 e. The molecular weight excluding hydrogens is 360 g/mol. The first-order valence-corrected chi connectivity index (χ1v) is 7.10. The van der Waals surface area contributed by atoms with Gasteiger partial charge in [-0.1, -0.05) is 11.6 Å². The molecule has 1 aromatic heterocycles. The zero-order chi connectivity index (χ0) is 15.6. The number of carbonyl (C=O) groups is 2. The number of benzene rings is 1. The van der Waals surface area contributed by atoms with Gasteiger partial charge in [-0.05, 0) is 40.2 Å². The number of rotatable bonds is 3. The van der Waals surface area contributed by atoms with Crippen LogP contribution in [-0.4, -0.2) is 23.6 Å². The average molecular weight is 372 g/mol. The number of aryl methyl sites for hydroxylation is 1. The minimum absolute atomic E-state index is 0.199. The van der Waals surface area contributed by atoms with Gasteiger partial charge >= 0.3 is 5.97 Å². The van der Waals surface area contributed by atoms with E-state index >= 15 is 0 Å². The van der Waals surface area contributed by atoms with Crippen LogP contribution in [0.1, 0.15) is 20.8 Å². The predicted octanol–water partition coefficient (Wildman–Crippen LogP) is 3.48. The molecule has 110 valence electrons. The van der Waals surface area contributed by atoms with E-state index < -0.39 is 5.97 Å². The predicted molar refractivity (Wildman–Crippen MR) is 83.9 cm³/mol. The van der Waals surface area contributed by atoms with Crippen LogP contribution < -0.4 is 5.32 Å². The summed E-state index contributed by atoms with van der Waals surface area (Å²) in [6.45, 7) is 0. The molecule has 1 N–H and O–H groups in total. The summed E-state index contributed by atoms with van der Waals surface area (Å²) in [7, 11) is 3.03. The van der Waals surface area contributed by atoms with E-state index in [2.05, 4.69) is 26.0 Å². The minimum atomic E-state index is -0.558. The number of anilines is 1. The number of aromatic nitrogens is 1. The third kappa shape index (κ3) is 3.46. The molecule has 1 aromatic carbocycles. The molecule has 0 fully saturated rings. The first kappa shape index (κ1) is 15.6. The summed E-state index contributed by atoms with van der Waals surface area (Å²) in [5.74, 6) is -0.848. The van der Waals surface area contributed by atoms with Crippen molar-refractivity contribution in [1.82, 2.24) is 4.57 Å². The quantitative estimate of drug-likeness (QED) is 0.840. The molecule has 0 aliphatic carbocycles. The van der Waals surface area contributed by atoms with Crippen LogP contribution in [0, 0.1) is 0 Å². The van der Waals surface area contributed by atoms with Crippen molar-refractivity contribution in [3.05, 3.63) is 51.2 Å². The zero-order valence-corrected chi connectivity index (χ0v) is 13.7. The average Bonchev–Trinajstić information content (AvgIpc) is 2.79. The van der Waals surface area contributed by atoms with Crippen molar-refractivity contribution >= 4 is 45.1 Å². The molecule has 21 heavy (non-hydrogen) atoms. The van der Waals surface area contributed by atoms with Gasteiger partial charge in [0, 0.05) is 23.4 Å². The Morgan fingerprint density at radius 3 is 2.62 bits per heavy atom. The van der Waals surface area contributed by atoms with E-state index in [1.54, 1.807) is 29.9 Å². The fourth-order valence-electron chi connectivity index (χ4n) is 1.81. The largest absolute Gasteiger partial charge is 0.465 e. The summed E-state index contributed by atoms with van der Waals surface area (Å²) in [6.07, 6.45) is 1.77. The highest BCUT2D eigenvalue weighted by atomic mass is 79.9. The number of nitrogens with zero attached hydrogens (tertiary/aromatic N) is 1. The van der Waals surface area contributed by atoms with Crippen molar-refractivity contribution in [2.75, 3.05) is 12.4 Å². The summed E-state index contributed by atoms with van der Waals surface area (Å²) < 4.78 is 7.14. The van der Waals surface area contributed by atoms with E-state index in [1.807, 2.05) is 0 Å². The molecule has 0 unspecified atom stereocenters. The SMILES string of the molecule is COC(=O)c1cc(NC(=O)c2cc(Br)cn2C)ccc1Cl. The lowest BCUT2D eigenvalue weighted by atomic mass is 10.2. The van der Waals surface area contributed by atoms with Crippen LogP contribution in [0.2, 0.25) is 5.02 Å². The van der Waals surface area contributed by atoms with E-state index in [-0.39, 0.29) is 16.5 Å². The van der Waals surface area contributed by atoms with E-state index in [9.17, 15) is 9.59 Å². The van der Waals surface area contributed by atoms with Crippen LogP contribution in [0.3, 0.4) is 0 Å². The van der Waals surface area contributed by atoms with Gasteiger partial charge < -0.3 is 14.6 Å². The highest BCUT2D eigenvalue weighted by Crippen LogP contribution is 2.22. The number of hydrogen-bond donors (Lipinski definition) is 1. The van der Waals surface area contributed by atoms with Crippen molar-refractivity contribution in [3.8, 4) is 0 Å². The maximum atomic E-state index is 12.2. The Balaban J connectivity index is 2.26. The Labute approximate surface area is 135 Å². The molecule has 7 heteroatoms. The van der Waals surface area contributed by atoms with Crippen LogP contribution in [0.15, 0.2) is 34.9 Å². The molecule has 0 atom stereocenters. The number of hydrogen-bond acceptors (Lipinski definition) is 3. The second-order valence-corrected chi connectivity index (χ2v) is 5.62. The summed E-state index contributed by atoms with van der Waals surface area (Å²) in [5, 5.41) is 2.98. The number of halogens is 2. The first-order chi connectivity index (χ1) is 9.92. The van der Waals surface area contributed by atoms with Crippen molar-refractivity contribution in [2.24, 2.45) is 7.05 Å². The molecule has 2 aromatic rings. The van der Waals surface area contributed by atoms with Crippen LogP contribution >= 0.6 is 27.5 Å². The van der Waals surface area contributed by atoms with Gasteiger partial charge in [0.2, 0.25) is 0 Å². The van der Waals surface area contributed by atoms with E-state index in [0.29, 0.717) is 11.4 Å². The second kappa shape index (κ2) is 6.32. The zero-order valence-electron chi connectivity index (χ0n) is 11.3. The Morgan fingerprint density at radius 2 is 2.05 bits per heavy atom. The topological polar surface area (TPSA) is 60.3 Å². The Bertz CT molecular complexity index is 712. The van der Waals surface area contributed by atoms with Crippen LogP contribution in [0.25, 0.3) is 0 Å². The normalized spacial score (nSPS) is 10.3. The van der Waals surface area contributed by atoms with Gasteiger partial charge in [-0.3, -0.25) is 4.79 Å². The molecule has 5 nitrogen and oxygen atoms in total. The Hall–Kier alpha value is -1.79. The van der Waals surface area contributed by atoms with Gasteiger partial charge in [0.1, 0.15) is 5.69 Å². The molecule has 0 spiro atoms. The van der Waals surface area contributed by atoms with E-state index in [4.69, 9.17) is 11.6 Å². The molecule has 0 radical (unpaired) electrons. The number of ether oxygens (including phenoxy) is 1. The molecular formula is C14H12BrClN2O3. The van der Waals surface area contributed by atoms with Crippen LogP contribution in [-0.2, 0) is 11.8 Å². The van der Waals surface area contributed by atoms with Gasteiger partial charge in [-0.2, -0.15) is 0 Å². The van der Waals surface area contributed by atoms with Gasteiger partial charge in [0.25, 0.3) is 5.91 Å². The van der Waals surface area contributed by atoms with E-state index in [0.717, 1.165) is 4.47 Å². The lowest BCUT2D eigenvalue weighted by Gasteiger charge is -2.08. The fourth-order valence-corrected chi connectivity index (χ4v) is 2.53. The van der Waals surface area contributed by atoms with Crippen LogP contribution in [0.5, 0.6) is 0 Å². The number of esters is 1. The van der Waals surface area contributed by atoms with Crippen LogP contribution in [0.4, 0.5) is 5.69 Å². The first-order valence-electron chi connectivity index (χ1n) is 5.93. The molecule has 2 rings (SSSR count). The highest BCUT2D eigenvalue weighted by Gasteiger charge is 2.15. The minimum Gasteiger partial charge on any atom is -0.465 e. The van der Waals surface area contributed by atoms with Gasteiger partial charge in [0.05, 0.1) is 17.7 Å². The number of amides is 1. The molecule has 0 aliphatic rings. The summed E-state index contributed by atoms with van der Waals surface area (Å²) >= 11 is 9.23. The number of carbonyl (C=O) groups excluding carboxylic acids is 2.